The fourth-order valence-corrected chi connectivity index (χ4v) is 3.34. The summed E-state index contributed by atoms with van der Waals surface area (Å²) >= 11 is 0. The van der Waals surface area contributed by atoms with E-state index in [2.05, 4.69) is 29.2 Å². The van der Waals surface area contributed by atoms with E-state index in [0.29, 0.717) is 5.92 Å². The summed E-state index contributed by atoms with van der Waals surface area (Å²) in [6.07, 6.45) is 0. The molecule has 5 heteroatoms. The molecule has 2 atom stereocenters. The highest BCUT2D eigenvalue weighted by molar-refractivity contribution is 5.85. The largest absolute Gasteiger partial charge is 0.497 e. The van der Waals surface area contributed by atoms with Crippen LogP contribution in [-0.2, 0) is 6.54 Å². The first-order chi connectivity index (χ1) is 11.2. The van der Waals surface area contributed by atoms with Crippen LogP contribution in [0.3, 0.4) is 0 Å². The van der Waals surface area contributed by atoms with Gasteiger partial charge in [0.1, 0.15) is 11.5 Å². The Bertz CT molecular complexity index is 651. The zero-order valence-corrected chi connectivity index (χ0v) is 15.0. The van der Waals surface area contributed by atoms with Gasteiger partial charge in [0.15, 0.2) is 0 Å². The van der Waals surface area contributed by atoms with Crippen LogP contribution >= 0.6 is 12.4 Å². The van der Waals surface area contributed by atoms with E-state index in [9.17, 15) is 0 Å². The minimum atomic E-state index is 0. The van der Waals surface area contributed by atoms with E-state index in [0.717, 1.165) is 36.7 Å². The van der Waals surface area contributed by atoms with E-state index in [4.69, 9.17) is 15.2 Å². The van der Waals surface area contributed by atoms with Crippen molar-refractivity contribution in [3.05, 3.63) is 59.7 Å². The monoisotopic (exact) mass is 348 g/mol. The molecule has 1 aliphatic rings. The molecule has 0 radical (unpaired) electrons. The molecule has 3 rings (SSSR count). The third kappa shape index (κ3) is 4.01. The molecule has 2 N–H and O–H groups in total. The number of hydrogen-bond acceptors (Lipinski definition) is 4. The molecule has 1 heterocycles. The van der Waals surface area contributed by atoms with Crippen LogP contribution in [-0.4, -0.2) is 38.3 Å². The molecule has 0 amide bonds. The fourth-order valence-electron chi connectivity index (χ4n) is 3.34. The normalized spacial score (nSPS) is 20.5. The maximum atomic E-state index is 6.38. The number of halogens is 1. The van der Waals surface area contributed by atoms with Crippen LogP contribution in [0.1, 0.15) is 17.0 Å². The third-order valence-corrected chi connectivity index (χ3v) is 4.55. The van der Waals surface area contributed by atoms with Crippen molar-refractivity contribution in [2.45, 2.75) is 18.5 Å². The number of rotatable bonds is 5. The lowest BCUT2D eigenvalue weighted by Crippen LogP contribution is -2.28. The van der Waals surface area contributed by atoms with Gasteiger partial charge in [-0.15, -0.1) is 12.4 Å². The van der Waals surface area contributed by atoms with E-state index in [1.807, 2.05) is 24.3 Å². The Morgan fingerprint density at radius 2 is 1.79 bits per heavy atom. The molecule has 0 unspecified atom stereocenters. The molecule has 0 aliphatic carbocycles. The first-order valence-electron chi connectivity index (χ1n) is 7.95. The number of nitrogens with two attached hydrogens (primary N) is 1. The van der Waals surface area contributed by atoms with Crippen LogP contribution < -0.4 is 15.2 Å². The summed E-state index contributed by atoms with van der Waals surface area (Å²) in [5.74, 6) is 2.12. The molecule has 24 heavy (non-hydrogen) atoms. The highest BCUT2D eigenvalue weighted by atomic mass is 35.5. The number of benzene rings is 2. The van der Waals surface area contributed by atoms with Crippen molar-refractivity contribution in [3.8, 4) is 11.5 Å². The van der Waals surface area contributed by atoms with Gasteiger partial charge in [0.25, 0.3) is 0 Å². The van der Waals surface area contributed by atoms with Crippen molar-refractivity contribution in [2.75, 3.05) is 27.3 Å². The van der Waals surface area contributed by atoms with Gasteiger partial charge < -0.3 is 15.2 Å². The van der Waals surface area contributed by atoms with Gasteiger partial charge in [-0.2, -0.15) is 0 Å². The molecule has 130 valence electrons. The number of likely N-dealkylation sites (tertiary alicyclic amines) is 1. The summed E-state index contributed by atoms with van der Waals surface area (Å²) in [6, 6.07) is 16.6. The first-order valence-corrected chi connectivity index (χ1v) is 7.95. The van der Waals surface area contributed by atoms with Crippen molar-refractivity contribution in [2.24, 2.45) is 5.73 Å². The number of methoxy groups -OCH3 is 2. The molecule has 0 spiro atoms. The van der Waals surface area contributed by atoms with Gasteiger partial charge in [-0.1, -0.05) is 30.3 Å². The summed E-state index contributed by atoms with van der Waals surface area (Å²) < 4.78 is 10.8. The Hall–Kier alpha value is -1.75. The van der Waals surface area contributed by atoms with Crippen molar-refractivity contribution >= 4 is 12.4 Å². The minimum absolute atomic E-state index is 0. The summed E-state index contributed by atoms with van der Waals surface area (Å²) in [7, 11) is 3.39. The average molecular weight is 349 g/mol. The smallest absolute Gasteiger partial charge is 0.123 e. The molecular formula is C19H25ClN2O2. The predicted octanol–water partition coefficient (Wildman–Crippen LogP) is 3.05. The second-order valence-corrected chi connectivity index (χ2v) is 6.05. The Morgan fingerprint density at radius 3 is 2.46 bits per heavy atom. The lowest BCUT2D eigenvalue weighted by atomic mass is 9.95. The summed E-state index contributed by atoms with van der Waals surface area (Å²) in [5.41, 5.74) is 8.84. The number of hydrogen-bond donors (Lipinski definition) is 1. The molecule has 1 aliphatic heterocycles. The van der Waals surface area contributed by atoms with Crippen molar-refractivity contribution in [1.82, 2.24) is 4.90 Å². The molecule has 1 fully saturated rings. The van der Waals surface area contributed by atoms with Gasteiger partial charge >= 0.3 is 0 Å². The highest BCUT2D eigenvalue weighted by Crippen LogP contribution is 2.30. The van der Waals surface area contributed by atoms with Gasteiger partial charge in [-0.05, 0) is 23.8 Å². The fraction of sp³-hybridized carbons (Fsp3) is 0.368. The quantitative estimate of drug-likeness (QED) is 0.902. The molecule has 4 nitrogen and oxygen atoms in total. The van der Waals surface area contributed by atoms with Gasteiger partial charge in [0, 0.05) is 37.2 Å². The topological polar surface area (TPSA) is 47.7 Å². The van der Waals surface area contributed by atoms with Crippen molar-refractivity contribution < 1.29 is 9.47 Å². The molecule has 0 bridgehead atoms. The number of nitrogens with zero attached hydrogens (tertiary/aromatic N) is 1. The second-order valence-electron chi connectivity index (χ2n) is 6.05. The lowest BCUT2D eigenvalue weighted by molar-refractivity contribution is 0.313. The Morgan fingerprint density at radius 1 is 1.04 bits per heavy atom. The lowest BCUT2D eigenvalue weighted by Gasteiger charge is -2.18. The predicted molar refractivity (Wildman–Crippen MR) is 99.2 cm³/mol. The zero-order chi connectivity index (χ0) is 16.2. The maximum absolute atomic E-state index is 6.38. The van der Waals surface area contributed by atoms with E-state index >= 15 is 0 Å². The van der Waals surface area contributed by atoms with Crippen molar-refractivity contribution in [1.29, 1.82) is 0 Å². The summed E-state index contributed by atoms with van der Waals surface area (Å²) in [4.78, 5) is 2.39. The second kappa shape index (κ2) is 8.38. The van der Waals surface area contributed by atoms with Crippen LogP contribution in [0.25, 0.3) is 0 Å². The van der Waals surface area contributed by atoms with Gasteiger partial charge in [-0.25, -0.2) is 0 Å². The Labute approximate surface area is 150 Å². The standard InChI is InChI=1S/C19H24N2O2.ClH/c1-22-16-8-9-19(23-2)15(10-16)11-21-12-17(18(20)13-21)14-6-4-3-5-7-14;/h3-10,17-18H,11-13,20H2,1-2H3;1H/t17-,18+;/m0./s1. The summed E-state index contributed by atoms with van der Waals surface area (Å²) in [6.45, 7) is 2.67. The van der Waals surface area contributed by atoms with Gasteiger partial charge in [0.05, 0.1) is 14.2 Å². The molecule has 2 aromatic rings. The minimum Gasteiger partial charge on any atom is -0.497 e. The van der Waals surface area contributed by atoms with Crippen LogP contribution in [0.4, 0.5) is 0 Å². The average Bonchev–Trinajstić information content (AvgIpc) is 2.96. The van der Waals surface area contributed by atoms with Gasteiger partial charge in [-0.3, -0.25) is 4.90 Å². The third-order valence-electron chi connectivity index (χ3n) is 4.55. The van der Waals surface area contributed by atoms with E-state index < -0.39 is 0 Å². The van der Waals surface area contributed by atoms with Crippen LogP contribution in [0.2, 0.25) is 0 Å². The molecule has 0 saturated carbocycles. The SMILES string of the molecule is COc1ccc(OC)c(CN2C[C@@H](N)[C@H](c3ccccc3)C2)c1.Cl. The van der Waals surface area contributed by atoms with Crippen LogP contribution in [0.5, 0.6) is 11.5 Å². The number of ether oxygens (including phenoxy) is 2. The molecular weight excluding hydrogens is 324 g/mol. The first kappa shape index (κ1) is 18.6. The highest BCUT2D eigenvalue weighted by Gasteiger charge is 2.31. The Kier molecular flexibility index (Phi) is 6.49. The maximum Gasteiger partial charge on any atom is 0.123 e. The Balaban J connectivity index is 0.00000208. The van der Waals surface area contributed by atoms with E-state index in [-0.39, 0.29) is 18.4 Å². The summed E-state index contributed by atoms with van der Waals surface area (Å²) in [5, 5.41) is 0. The van der Waals surface area contributed by atoms with Crippen LogP contribution in [0.15, 0.2) is 48.5 Å². The molecule has 0 aromatic heterocycles. The van der Waals surface area contributed by atoms with E-state index in [1.165, 1.54) is 5.56 Å². The molecule has 2 aromatic carbocycles. The van der Waals surface area contributed by atoms with E-state index in [1.54, 1.807) is 14.2 Å². The molecule has 1 saturated heterocycles. The van der Waals surface area contributed by atoms with Crippen molar-refractivity contribution in [3.63, 3.8) is 0 Å². The van der Waals surface area contributed by atoms with Gasteiger partial charge in [0.2, 0.25) is 0 Å². The van der Waals surface area contributed by atoms with Crippen LogP contribution in [0, 0.1) is 0 Å². The zero-order valence-electron chi connectivity index (χ0n) is 14.1.